The first-order chi connectivity index (χ1) is 18.6. The lowest BCUT2D eigenvalue weighted by Gasteiger charge is -2.33. The molecule has 0 aliphatic carbocycles. The Balaban J connectivity index is 2.04. The highest BCUT2D eigenvalue weighted by Crippen LogP contribution is 2.25. The maximum absolute atomic E-state index is 13.9. The molecule has 1 N–H and O–H groups in total. The molecule has 0 heterocycles. The minimum Gasteiger partial charge on any atom is -0.497 e. The molecule has 2 amide bonds. The number of rotatable bonds is 12. The second-order valence-corrected chi connectivity index (χ2v) is 11.1. The molecule has 0 bridgehead atoms. The Morgan fingerprint density at radius 3 is 2.10 bits per heavy atom. The van der Waals surface area contributed by atoms with Crippen molar-refractivity contribution in [2.75, 3.05) is 18.0 Å². The average Bonchev–Trinajstić information content (AvgIpc) is 2.92. The molecule has 3 aromatic rings. The highest BCUT2D eigenvalue weighted by atomic mass is 32.2. The topological polar surface area (TPSA) is 96.0 Å². The summed E-state index contributed by atoms with van der Waals surface area (Å²) in [5, 5.41) is 2.85. The van der Waals surface area contributed by atoms with Gasteiger partial charge in [-0.05, 0) is 74.4 Å². The monoisotopic (exact) mass is 555 g/mol. The lowest BCUT2D eigenvalue weighted by molar-refractivity contribution is -0.140. The fourth-order valence-corrected chi connectivity index (χ4v) is 5.52. The van der Waals surface area contributed by atoms with Crippen LogP contribution in [0.3, 0.4) is 0 Å². The van der Waals surface area contributed by atoms with Crippen molar-refractivity contribution in [3.05, 3.63) is 90.2 Å². The highest BCUT2D eigenvalue weighted by molar-refractivity contribution is 7.92. The van der Waals surface area contributed by atoms with Gasteiger partial charge in [-0.25, -0.2) is 12.8 Å². The van der Waals surface area contributed by atoms with Gasteiger partial charge in [0.2, 0.25) is 11.8 Å². The van der Waals surface area contributed by atoms with E-state index in [2.05, 4.69) is 5.32 Å². The Labute approximate surface area is 229 Å². The molecule has 3 aromatic carbocycles. The van der Waals surface area contributed by atoms with Gasteiger partial charge in [0.25, 0.3) is 10.0 Å². The van der Waals surface area contributed by atoms with Gasteiger partial charge in [-0.2, -0.15) is 0 Å². The zero-order valence-corrected chi connectivity index (χ0v) is 23.3. The second kappa shape index (κ2) is 13.2. The van der Waals surface area contributed by atoms with Crippen LogP contribution in [0.15, 0.2) is 83.8 Å². The van der Waals surface area contributed by atoms with Gasteiger partial charge in [-0.15, -0.1) is 0 Å². The van der Waals surface area contributed by atoms with Crippen molar-refractivity contribution < 1.29 is 27.1 Å². The van der Waals surface area contributed by atoms with Crippen molar-refractivity contribution in [2.24, 2.45) is 0 Å². The molecule has 0 aliphatic rings. The van der Waals surface area contributed by atoms with E-state index in [0.717, 1.165) is 22.0 Å². The first kappa shape index (κ1) is 29.6. The number of benzene rings is 3. The van der Waals surface area contributed by atoms with Crippen LogP contribution in [-0.4, -0.2) is 50.9 Å². The van der Waals surface area contributed by atoms with Gasteiger partial charge < -0.3 is 15.0 Å². The number of hydrogen-bond donors (Lipinski definition) is 1. The van der Waals surface area contributed by atoms with Crippen molar-refractivity contribution in [3.8, 4) is 5.75 Å². The third kappa shape index (κ3) is 7.57. The van der Waals surface area contributed by atoms with E-state index in [9.17, 15) is 22.4 Å². The first-order valence-corrected chi connectivity index (χ1v) is 14.1. The lowest BCUT2D eigenvalue weighted by Crippen LogP contribution is -2.53. The van der Waals surface area contributed by atoms with Crippen molar-refractivity contribution >= 4 is 27.5 Å². The van der Waals surface area contributed by atoms with E-state index in [1.807, 2.05) is 13.8 Å². The van der Waals surface area contributed by atoms with Crippen molar-refractivity contribution in [2.45, 2.75) is 50.7 Å². The molecule has 3 rings (SSSR count). The van der Waals surface area contributed by atoms with Crippen LogP contribution in [0.1, 0.15) is 32.8 Å². The zero-order chi connectivity index (χ0) is 28.6. The molecule has 0 spiro atoms. The number of carbonyl (C=O) groups excluding carboxylic acids is 2. The molecular weight excluding hydrogens is 521 g/mol. The van der Waals surface area contributed by atoms with Crippen LogP contribution in [0.5, 0.6) is 5.75 Å². The molecule has 0 unspecified atom stereocenters. The predicted molar refractivity (Wildman–Crippen MR) is 148 cm³/mol. The van der Waals surface area contributed by atoms with E-state index in [1.54, 1.807) is 56.5 Å². The van der Waals surface area contributed by atoms with Crippen LogP contribution in [0.4, 0.5) is 10.1 Å². The number of hydrogen-bond acceptors (Lipinski definition) is 5. The maximum Gasteiger partial charge on any atom is 0.264 e. The Morgan fingerprint density at radius 2 is 1.56 bits per heavy atom. The Hall–Kier alpha value is -3.92. The molecule has 0 saturated heterocycles. The Bertz CT molecular complexity index is 1350. The Kier molecular flexibility index (Phi) is 10.1. The Morgan fingerprint density at radius 1 is 0.949 bits per heavy atom. The molecule has 208 valence electrons. The summed E-state index contributed by atoms with van der Waals surface area (Å²) < 4.78 is 47.2. The number of methoxy groups -OCH3 is 1. The van der Waals surface area contributed by atoms with Gasteiger partial charge >= 0.3 is 0 Å². The summed E-state index contributed by atoms with van der Waals surface area (Å²) in [6.07, 6.45) is 0.308. The minimum absolute atomic E-state index is 0.0200. The standard InChI is InChI=1S/C29H34FN3O5S/c1-5-27(29(35)31-21(2)3)32(19-22-11-17-25(38-4)18-12-22)28(34)20-33(24-15-13-23(30)14-16-24)39(36,37)26-9-7-6-8-10-26/h6-18,21,27H,5,19-20H2,1-4H3,(H,31,35)/t27-/m0/s1. The lowest BCUT2D eigenvalue weighted by atomic mass is 10.1. The fraction of sp³-hybridized carbons (Fsp3) is 0.310. The molecule has 8 nitrogen and oxygen atoms in total. The number of halogens is 1. The van der Waals surface area contributed by atoms with Crippen LogP contribution < -0.4 is 14.4 Å². The van der Waals surface area contributed by atoms with Gasteiger partial charge in [-0.1, -0.05) is 37.3 Å². The molecular formula is C29H34FN3O5S. The second-order valence-electron chi connectivity index (χ2n) is 9.26. The minimum atomic E-state index is -4.20. The van der Waals surface area contributed by atoms with Crippen molar-refractivity contribution in [1.29, 1.82) is 0 Å². The molecule has 0 radical (unpaired) electrons. The average molecular weight is 556 g/mol. The normalized spacial score (nSPS) is 12.1. The van der Waals surface area contributed by atoms with Gasteiger partial charge in [0, 0.05) is 12.6 Å². The smallest absolute Gasteiger partial charge is 0.264 e. The summed E-state index contributed by atoms with van der Waals surface area (Å²) >= 11 is 0. The van der Waals surface area contributed by atoms with Crippen molar-refractivity contribution in [1.82, 2.24) is 10.2 Å². The van der Waals surface area contributed by atoms with E-state index in [-0.39, 0.29) is 29.1 Å². The molecule has 0 saturated carbocycles. The quantitative estimate of drug-likeness (QED) is 0.358. The SMILES string of the molecule is CC[C@@H](C(=O)NC(C)C)N(Cc1ccc(OC)cc1)C(=O)CN(c1ccc(F)cc1)S(=O)(=O)c1ccccc1. The van der Waals surface area contributed by atoms with Crippen molar-refractivity contribution in [3.63, 3.8) is 0 Å². The largest absolute Gasteiger partial charge is 0.497 e. The zero-order valence-electron chi connectivity index (χ0n) is 22.5. The van der Waals surface area contributed by atoms with Crippen LogP contribution in [0, 0.1) is 5.82 Å². The number of sulfonamides is 1. The van der Waals surface area contributed by atoms with Crippen LogP contribution in [0.25, 0.3) is 0 Å². The van der Waals surface area contributed by atoms with Crippen LogP contribution in [0.2, 0.25) is 0 Å². The molecule has 39 heavy (non-hydrogen) atoms. The van der Waals surface area contributed by atoms with Gasteiger partial charge in [0.15, 0.2) is 0 Å². The number of carbonyl (C=O) groups is 2. The molecule has 0 fully saturated rings. The van der Waals surface area contributed by atoms with Crippen LogP contribution in [-0.2, 0) is 26.2 Å². The van der Waals surface area contributed by atoms with Gasteiger partial charge in [0.1, 0.15) is 24.2 Å². The van der Waals surface area contributed by atoms with E-state index in [1.165, 1.54) is 29.2 Å². The summed E-state index contributed by atoms with van der Waals surface area (Å²) in [5.74, 6) is -0.827. The number of ether oxygens (including phenoxy) is 1. The van der Waals surface area contributed by atoms with E-state index < -0.39 is 34.3 Å². The molecule has 0 aliphatic heterocycles. The van der Waals surface area contributed by atoms with Gasteiger partial charge in [0.05, 0.1) is 17.7 Å². The molecule has 0 aromatic heterocycles. The third-order valence-electron chi connectivity index (χ3n) is 6.05. The summed E-state index contributed by atoms with van der Waals surface area (Å²) in [7, 11) is -2.66. The van der Waals surface area contributed by atoms with E-state index in [4.69, 9.17) is 4.74 Å². The maximum atomic E-state index is 13.9. The predicted octanol–water partition coefficient (Wildman–Crippen LogP) is 4.36. The number of nitrogens with zero attached hydrogens (tertiary/aromatic N) is 2. The molecule has 10 heteroatoms. The molecule has 1 atom stereocenters. The third-order valence-corrected chi connectivity index (χ3v) is 7.84. The number of nitrogens with one attached hydrogen (secondary N) is 1. The number of amides is 2. The summed E-state index contributed by atoms with van der Waals surface area (Å²) in [5.41, 5.74) is 0.858. The summed E-state index contributed by atoms with van der Waals surface area (Å²) in [6.45, 7) is 4.91. The highest BCUT2D eigenvalue weighted by Gasteiger charge is 2.33. The first-order valence-electron chi connectivity index (χ1n) is 12.6. The van der Waals surface area contributed by atoms with Crippen LogP contribution >= 0.6 is 0 Å². The summed E-state index contributed by atoms with van der Waals surface area (Å²) in [6, 6.07) is 18.6. The van der Waals surface area contributed by atoms with Gasteiger partial charge in [-0.3, -0.25) is 13.9 Å². The summed E-state index contributed by atoms with van der Waals surface area (Å²) in [4.78, 5) is 28.4. The fourth-order valence-electron chi connectivity index (χ4n) is 4.08. The van der Waals surface area contributed by atoms with E-state index >= 15 is 0 Å². The van der Waals surface area contributed by atoms with E-state index in [0.29, 0.717) is 12.2 Å². The number of anilines is 1.